The number of hydrogen-bond acceptors (Lipinski definition) is 3. The van der Waals surface area contributed by atoms with Gasteiger partial charge in [-0.05, 0) is 32.0 Å². The topological polar surface area (TPSA) is 109 Å². The molecule has 2 amide bonds. The van der Waals surface area contributed by atoms with Gasteiger partial charge in [-0.25, -0.2) is 9.38 Å². The molecular formula is C14H17ClFN5O2. The maximum absolute atomic E-state index is 13.3. The number of carbonyl (C=O) groups is 2. The summed E-state index contributed by atoms with van der Waals surface area (Å²) in [5, 5.41) is 4.61. The molecule has 0 spiro atoms. The second kappa shape index (κ2) is 8.84. The molecule has 1 aromatic rings. The molecule has 4 N–H and O–H groups in total. The molecule has 1 rings (SSSR count). The van der Waals surface area contributed by atoms with Crippen LogP contribution in [0.5, 0.6) is 0 Å². The van der Waals surface area contributed by atoms with E-state index in [1.807, 2.05) is 0 Å². The van der Waals surface area contributed by atoms with Gasteiger partial charge in [0, 0.05) is 12.2 Å². The first-order valence-corrected chi connectivity index (χ1v) is 7.12. The van der Waals surface area contributed by atoms with Crippen LogP contribution in [0.25, 0.3) is 0 Å². The Bertz CT molecular complexity index is 648. The normalized spacial score (nSPS) is 13.0. The van der Waals surface area contributed by atoms with Crippen LogP contribution in [-0.2, 0) is 9.59 Å². The Labute approximate surface area is 137 Å². The number of hydrogen-bond donors (Lipinski definition) is 3. The maximum Gasteiger partial charge on any atom is 0.313 e. The van der Waals surface area contributed by atoms with Crippen LogP contribution in [0.15, 0.2) is 28.2 Å². The summed E-state index contributed by atoms with van der Waals surface area (Å²) in [7, 11) is 0. The second-order valence-corrected chi connectivity index (χ2v) is 4.80. The Kier molecular flexibility index (Phi) is 7.14. The molecule has 0 radical (unpaired) electrons. The number of amides is 2. The molecule has 124 valence electrons. The summed E-state index contributed by atoms with van der Waals surface area (Å²) >= 11 is 5.54. The highest BCUT2D eigenvalue weighted by Gasteiger charge is 2.19. The van der Waals surface area contributed by atoms with E-state index in [1.54, 1.807) is 13.8 Å². The van der Waals surface area contributed by atoms with Gasteiger partial charge in [0.05, 0.1) is 17.4 Å². The van der Waals surface area contributed by atoms with Crippen LogP contribution in [0.2, 0.25) is 5.02 Å². The molecule has 7 nitrogen and oxygen atoms in total. The average molecular weight is 342 g/mol. The molecule has 1 aromatic carbocycles. The van der Waals surface area contributed by atoms with Gasteiger partial charge >= 0.3 is 11.8 Å². The van der Waals surface area contributed by atoms with Gasteiger partial charge in [0.2, 0.25) is 0 Å². The summed E-state index contributed by atoms with van der Waals surface area (Å²) in [6.07, 6.45) is 1.05. The number of rotatable bonds is 4. The van der Waals surface area contributed by atoms with Crippen molar-refractivity contribution in [2.24, 2.45) is 15.7 Å². The summed E-state index contributed by atoms with van der Waals surface area (Å²) in [6, 6.07) is 3.05. The molecule has 1 atom stereocenters. The van der Waals surface area contributed by atoms with Crippen molar-refractivity contribution in [3.05, 3.63) is 29.0 Å². The van der Waals surface area contributed by atoms with Gasteiger partial charge in [-0.3, -0.25) is 14.6 Å². The minimum Gasteiger partial charge on any atom is -0.390 e. The molecule has 0 aliphatic rings. The third kappa shape index (κ3) is 5.67. The van der Waals surface area contributed by atoms with Gasteiger partial charge < -0.3 is 16.4 Å². The smallest absolute Gasteiger partial charge is 0.313 e. The highest BCUT2D eigenvalue weighted by Crippen LogP contribution is 2.18. The van der Waals surface area contributed by atoms with Gasteiger partial charge in [-0.1, -0.05) is 11.6 Å². The Morgan fingerprint density at radius 2 is 2.13 bits per heavy atom. The van der Waals surface area contributed by atoms with Crippen molar-refractivity contribution in [2.75, 3.05) is 11.9 Å². The summed E-state index contributed by atoms with van der Waals surface area (Å²) in [4.78, 5) is 31.5. The SMILES string of the molecule is CCN=C(N=CN)C(C)NC(=O)C(=O)Nc1ccc(Cl)c(F)c1. The van der Waals surface area contributed by atoms with Gasteiger partial charge in [-0.15, -0.1) is 0 Å². The number of benzene rings is 1. The van der Waals surface area contributed by atoms with Crippen LogP contribution in [0.1, 0.15) is 13.8 Å². The second-order valence-electron chi connectivity index (χ2n) is 4.39. The molecule has 0 aliphatic heterocycles. The molecule has 9 heteroatoms. The lowest BCUT2D eigenvalue weighted by Gasteiger charge is -2.13. The summed E-state index contributed by atoms with van der Waals surface area (Å²) < 4.78 is 13.3. The van der Waals surface area contributed by atoms with E-state index in [1.165, 1.54) is 12.1 Å². The third-order valence-corrected chi connectivity index (χ3v) is 2.95. The lowest BCUT2D eigenvalue weighted by molar-refractivity contribution is -0.136. The molecule has 0 aliphatic carbocycles. The zero-order chi connectivity index (χ0) is 17.4. The summed E-state index contributed by atoms with van der Waals surface area (Å²) in [6.45, 7) is 3.85. The zero-order valence-electron chi connectivity index (χ0n) is 12.6. The number of nitrogens with zero attached hydrogens (tertiary/aromatic N) is 2. The molecular weight excluding hydrogens is 325 g/mol. The first-order valence-electron chi connectivity index (χ1n) is 6.74. The fourth-order valence-electron chi connectivity index (χ4n) is 1.62. The highest BCUT2D eigenvalue weighted by atomic mass is 35.5. The fourth-order valence-corrected chi connectivity index (χ4v) is 1.73. The van der Waals surface area contributed by atoms with Crippen LogP contribution < -0.4 is 16.4 Å². The Hall–Kier alpha value is -2.48. The maximum atomic E-state index is 13.3. The van der Waals surface area contributed by atoms with Crippen molar-refractivity contribution in [3.63, 3.8) is 0 Å². The molecule has 0 bridgehead atoms. The molecule has 0 saturated heterocycles. The third-order valence-electron chi connectivity index (χ3n) is 2.65. The van der Waals surface area contributed by atoms with Gasteiger partial charge in [0.1, 0.15) is 11.7 Å². The first kappa shape index (κ1) is 18.6. The van der Waals surface area contributed by atoms with Crippen LogP contribution in [0.3, 0.4) is 0 Å². The number of anilines is 1. The van der Waals surface area contributed by atoms with Crippen LogP contribution in [-0.4, -0.2) is 36.6 Å². The van der Waals surface area contributed by atoms with Crippen molar-refractivity contribution in [1.29, 1.82) is 0 Å². The van der Waals surface area contributed by atoms with E-state index >= 15 is 0 Å². The van der Waals surface area contributed by atoms with Crippen molar-refractivity contribution in [1.82, 2.24) is 5.32 Å². The lowest BCUT2D eigenvalue weighted by atomic mass is 10.3. The van der Waals surface area contributed by atoms with Crippen molar-refractivity contribution < 1.29 is 14.0 Å². The van der Waals surface area contributed by atoms with E-state index in [9.17, 15) is 14.0 Å². The number of nitrogens with one attached hydrogen (secondary N) is 2. The van der Waals surface area contributed by atoms with E-state index in [0.717, 1.165) is 12.4 Å². The number of carbonyl (C=O) groups excluding carboxylic acids is 2. The predicted molar refractivity (Wildman–Crippen MR) is 88.3 cm³/mol. The molecule has 0 aromatic heterocycles. The van der Waals surface area contributed by atoms with E-state index in [0.29, 0.717) is 6.54 Å². The van der Waals surface area contributed by atoms with Crippen LogP contribution in [0.4, 0.5) is 10.1 Å². The van der Waals surface area contributed by atoms with Gasteiger partial charge in [0.25, 0.3) is 0 Å². The zero-order valence-corrected chi connectivity index (χ0v) is 13.4. The summed E-state index contributed by atoms with van der Waals surface area (Å²) in [5.74, 6) is -2.28. The van der Waals surface area contributed by atoms with Gasteiger partial charge in [-0.2, -0.15) is 0 Å². The number of aliphatic imine (C=N–C) groups is 2. The van der Waals surface area contributed by atoms with Crippen LogP contribution >= 0.6 is 11.6 Å². The standard InChI is InChI=1S/C14H17ClFN5O2/c1-3-18-12(19-7-17)8(2)20-13(22)14(23)21-9-4-5-10(15)11(16)6-9/h4-8H,3H2,1-2H3,(H,20,22)(H,21,23)(H2,17,18,19). The number of halogens is 2. The Balaban J connectivity index is 2.71. The number of nitrogens with two attached hydrogens (primary N) is 1. The van der Waals surface area contributed by atoms with Crippen molar-refractivity contribution in [3.8, 4) is 0 Å². The van der Waals surface area contributed by atoms with E-state index in [2.05, 4.69) is 20.6 Å². The molecule has 0 fully saturated rings. The van der Waals surface area contributed by atoms with E-state index in [4.69, 9.17) is 17.3 Å². The predicted octanol–water partition coefficient (Wildman–Crippen LogP) is 1.33. The van der Waals surface area contributed by atoms with E-state index in [-0.39, 0.29) is 16.5 Å². The highest BCUT2D eigenvalue weighted by molar-refractivity contribution is 6.40. The molecule has 23 heavy (non-hydrogen) atoms. The molecule has 1 unspecified atom stereocenters. The van der Waals surface area contributed by atoms with E-state index < -0.39 is 23.7 Å². The van der Waals surface area contributed by atoms with Crippen molar-refractivity contribution >= 4 is 41.3 Å². The monoisotopic (exact) mass is 341 g/mol. The summed E-state index contributed by atoms with van der Waals surface area (Å²) in [5.41, 5.74) is 5.32. The number of amidine groups is 1. The quantitative estimate of drug-likeness (QED) is 0.436. The largest absolute Gasteiger partial charge is 0.390 e. The average Bonchev–Trinajstić information content (AvgIpc) is 2.50. The fraction of sp³-hybridized carbons (Fsp3) is 0.286. The molecule has 0 heterocycles. The first-order chi connectivity index (χ1) is 10.9. The van der Waals surface area contributed by atoms with Crippen molar-refractivity contribution in [2.45, 2.75) is 19.9 Å². The Morgan fingerprint density at radius 3 is 2.70 bits per heavy atom. The molecule has 0 saturated carbocycles. The lowest BCUT2D eigenvalue weighted by Crippen LogP contribution is -2.44. The minimum absolute atomic E-state index is 0.0823. The Morgan fingerprint density at radius 1 is 1.43 bits per heavy atom. The van der Waals surface area contributed by atoms with Gasteiger partial charge in [0.15, 0.2) is 0 Å². The van der Waals surface area contributed by atoms with Crippen LogP contribution in [0, 0.1) is 5.82 Å². The minimum atomic E-state index is -0.953.